The third-order valence-corrected chi connectivity index (χ3v) is 7.96. The van der Waals surface area contributed by atoms with Crippen molar-refractivity contribution in [3.05, 3.63) is 12.2 Å². The molecule has 0 aromatic heterocycles. The molecule has 55 heavy (non-hydrogen) atoms. The predicted molar refractivity (Wildman–Crippen MR) is 194 cm³/mol. The Bertz CT molecular complexity index is 1370. The van der Waals surface area contributed by atoms with Crippen LogP contribution in [0.25, 0.3) is 0 Å². The van der Waals surface area contributed by atoms with Crippen LogP contribution < -0.4 is 31.9 Å². The van der Waals surface area contributed by atoms with Gasteiger partial charge in [0.1, 0.15) is 24.2 Å². The van der Waals surface area contributed by atoms with Crippen molar-refractivity contribution in [2.75, 3.05) is 13.1 Å². The lowest BCUT2D eigenvalue weighted by atomic mass is 10.0. The van der Waals surface area contributed by atoms with Crippen LogP contribution in [-0.4, -0.2) is 123 Å². The standard InChI is InChI=1S/C35H56N6O14/c1-4-6-10-27(43)22(36-19-5-2)9-7-8-20-37-28(44)15-11-24(33(50)51)39-30(46)17-13-26(35(54)55)41-31(47)18-14-25(34(52)53)40-29(45)16-12-23(32(48)49)38-21(3)42/h6,10,22-26,36H,4-5,7-9,11-20H2,1-3H3,(H,37,44)(H,38,42)(H,39,46)(H,40,45)(H,41,47)(H,48,49)(H,50,51)(H,52,53)(H,54,55)/b10-6+. The lowest BCUT2D eigenvalue weighted by Crippen LogP contribution is -2.45. The Morgan fingerprint density at radius 1 is 0.509 bits per heavy atom. The molecule has 10 N–H and O–H groups in total. The average Bonchev–Trinajstić information content (AvgIpc) is 3.11. The van der Waals surface area contributed by atoms with E-state index in [1.807, 2.05) is 13.8 Å². The second-order valence-electron chi connectivity index (χ2n) is 12.7. The molecular weight excluding hydrogens is 728 g/mol. The fourth-order valence-corrected chi connectivity index (χ4v) is 4.98. The van der Waals surface area contributed by atoms with E-state index in [1.54, 1.807) is 12.2 Å². The van der Waals surface area contributed by atoms with Crippen LogP contribution in [-0.2, 0) is 47.9 Å². The van der Waals surface area contributed by atoms with Gasteiger partial charge in [0.05, 0.1) is 6.04 Å². The number of carbonyl (C=O) groups excluding carboxylic acids is 6. The van der Waals surface area contributed by atoms with E-state index in [1.165, 1.54) is 0 Å². The van der Waals surface area contributed by atoms with Gasteiger partial charge in [-0.3, -0.25) is 28.8 Å². The molecule has 0 fully saturated rings. The average molecular weight is 785 g/mol. The summed E-state index contributed by atoms with van der Waals surface area (Å²) in [6.45, 7) is 6.00. The highest BCUT2D eigenvalue weighted by atomic mass is 16.4. The summed E-state index contributed by atoms with van der Waals surface area (Å²) in [5.74, 6) is -9.65. The molecule has 0 radical (unpaired) electrons. The van der Waals surface area contributed by atoms with Crippen molar-refractivity contribution < 1.29 is 68.4 Å². The number of aliphatic carboxylic acids is 4. The minimum Gasteiger partial charge on any atom is -0.480 e. The number of carboxylic acid groups (broad SMARTS) is 4. The number of rotatable bonds is 31. The molecule has 0 aliphatic carbocycles. The molecular formula is C35H56N6O14. The van der Waals surface area contributed by atoms with Crippen LogP contribution in [0.15, 0.2) is 12.2 Å². The summed E-state index contributed by atoms with van der Waals surface area (Å²) in [6, 6.07) is -6.39. The largest absolute Gasteiger partial charge is 0.480 e. The maximum absolute atomic E-state index is 12.5. The highest BCUT2D eigenvalue weighted by Gasteiger charge is 2.27. The number of carbonyl (C=O) groups is 10. The van der Waals surface area contributed by atoms with Gasteiger partial charge in [0.15, 0.2) is 5.78 Å². The van der Waals surface area contributed by atoms with Crippen LogP contribution in [0.4, 0.5) is 0 Å². The molecule has 20 heteroatoms. The fraction of sp³-hybridized carbons (Fsp3) is 0.657. The van der Waals surface area contributed by atoms with Crippen molar-refractivity contribution in [3.63, 3.8) is 0 Å². The maximum atomic E-state index is 12.5. The molecule has 0 heterocycles. The Morgan fingerprint density at radius 2 is 0.909 bits per heavy atom. The zero-order valence-electron chi connectivity index (χ0n) is 31.5. The monoisotopic (exact) mass is 784 g/mol. The van der Waals surface area contributed by atoms with Crippen LogP contribution in [0.1, 0.15) is 104 Å². The van der Waals surface area contributed by atoms with E-state index in [-0.39, 0.29) is 31.1 Å². The predicted octanol–water partition coefficient (Wildman–Crippen LogP) is -0.405. The van der Waals surface area contributed by atoms with E-state index in [0.29, 0.717) is 32.4 Å². The van der Waals surface area contributed by atoms with Crippen molar-refractivity contribution in [1.29, 1.82) is 0 Å². The summed E-state index contributed by atoms with van der Waals surface area (Å²) in [5.41, 5.74) is 0. The SMILES string of the molecule is CC/C=C/C(=O)C(CCCCNC(=O)CCC(NC(=O)CCC(NC(=O)CCC(NC(=O)CCC(NC(C)=O)C(=O)O)C(=O)O)C(=O)O)C(=O)O)NCCC. The van der Waals surface area contributed by atoms with Crippen LogP contribution >= 0.6 is 0 Å². The molecule has 310 valence electrons. The smallest absolute Gasteiger partial charge is 0.326 e. The van der Waals surface area contributed by atoms with E-state index in [2.05, 4.69) is 31.9 Å². The highest BCUT2D eigenvalue weighted by molar-refractivity contribution is 5.94. The molecule has 5 unspecified atom stereocenters. The van der Waals surface area contributed by atoms with Crippen molar-refractivity contribution in [2.24, 2.45) is 0 Å². The Balaban J connectivity index is 4.82. The van der Waals surface area contributed by atoms with E-state index in [9.17, 15) is 63.3 Å². The third-order valence-electron chi connectivity index (χ3n) is 7.96. The topological polar surface area (TPSA) is 324 Å². The quantitative estimate of drug-likeness (QED) is 0.0316. The van der Waals surface area contributed by atoms with Gasteiger partial charge in [0, 0.05) is 39.2 Å². The molecule has 0 saturated carbocycles. The number of hydrogen-bond donors (Lipinski definition) is 10. The molecule has 0 saturated heterocycles. The number of ketones is 1. The normalized spacial score (nSPS) is 13.7. The van der Waals surface area contributed by atoms with Crippen LogP contribution in [0.3, 0.4) is 0 Å². The first-order chi connectivity index (χ1) is 25.9. The van der Waals surface area contributed by atoms with Gasteiger partial charge in [-0.1, -0.05) is 19.9 Å². The second kappa shape index (κ2) is 28.1. The van der Waals surface area contributed by atoms with Crippen LogP contribution in [0, 0.1) is 0 Å². The van der Waals surface area contributed by atoms with E-state index >= 15 is 0 Å². The van der Waals surface area contributed by atoms with Gasteiger partial charge in [-0.2, -0.15) is 0 Å². The Hall–Kier alpha value is -5.40. The molecule has 0 rings (SSSR count). The first-order valence-corrected chi connectivity index (χ1v) is 18.2. The van der Waals surface area contributed by atoms with Gasteiger partial charge in [-0.15, -0.1) is 0 Å². The number of allylic oxidation sites excluding steroid dienone is 1. The van der Waals surface area contributed by atoms with Crippen molar-refractivity contribution >= 4 is 59.2 Å². The maximum Gasteiger partial charge on any atom is 0.326 e. The molecule has 5 amide bonds. The summed E-state index contributed by atoms with van der Waals surface area (Å²) >= 11 is 0. The van der Waals surface area contributed by atoms with Crippen LogP contribution in [0.2, 0.25) is 0 Å². The summed E-state index contributed by atoms with van der Waals surface area (Å²) in [6.07, 6.45) is 3.46. The Labute approximate surface area is 319 Å². The molecule has 0 aliphatic heterocycles. The lowest BCUT2D eigenvalue weighted by molar-refractivity contribution is -0.144. The summed E-state index contributed by atoms with van der Waals surface area (Å²) < 4.78 is 0. The third kappa shape index (κ3) is 23.8. The van der Waals surface area contributed by atoms with Crippen molar-refractivity contribution in [1.82, 2.24) is 31.9 Å². The Morgan fingerprint density at radius 3 is 1.27 bits per heavy atom. The van der Waals surface area contributed by atoms with Gasteiger partial charge in [0.25, 0.3) is 0 Å². The number of nitrogens with one attached hydrogen (secondary N) is 6. The number of hydrogen-bond acceptors (Lipinski definition) is 11. The minimum atomic E-state index is -1.62. The molecule has 0 bridgehead atoms. The lowest BCUT2D eigenvalue weighted by Gasteiger charge is -2.18. The zero-order chi connectivity index (χ0) is 41.9. The van der Waals surface area contributed by atoms with Crippen molar-refractivity contribution in [3.8, 4) is 0 Å². The molecule has 5 atom stereocenters. The first-order valence-electron chi connectivity index (χ1n) is 18.2. The molecule has 20 nitrogen and oxygen atoms in total. The number of amides is 5. The molecule has 0 spiro atoms. The zero-order valence-corrected chi connectivity index (χ0v) is 31.5. The van der Waals surface area contributed by atoms with Gasteiger partial charge in [0.2, 0.25) is 29.5 Å². The molecule has 0 aromatic rings. The summed E-state index contributed by atoms with van der Waals surface area (Å²) in [7, 11) is 0. The molecule has 0 aliphatic rings. The highest BCUT2D eigenvalue weighted by Crippen LogP contribution is 2.07. The fourth-order valence-electron chi connectivity index (χ4n) is 4.98. The second-order valence-corrected chi connectivity index (χ2v) is 12.7. The first kappa shape index (κ1) is 49.6. The van der Waals surface area contributed by atoms with Gasteiger partial charge >= 0.3 is 23.9 Å². The van der Waals surface area contributed by atoms with E-state index < -0.39 is 110 Å². The van der Waals surface area contributed by atoms with Crippen LogP contribution in [0.5, 0.6) is 0 Å². The van der Waals surface area contributed by atoms with E-state index in [4.69, 9.17) is 5.11 Å². The van der Waals surface area contributed by atoms with Crippen molar-refractivity contribution in [2.45, 2.75) is 134 Å². The number of unbranched alkanes of at least 4 members (excludes halogenated alkanes) is 1. The number of carboxylic acids is 4. The van der Waals surface area contributed by atoms with Gasteiger partial charge in [-0.25, -0.2) is 19.2 Å². The summed E-state index contributed by atoms with van der Waals surface area (Å²) in [4.78, 5) is 119. The minimum absolute atomic E-state index is 0.00911. The molecule has 0 aromatic carbocycles. The van der Waals surface area contributed by atoms with E-state index in [0.717, 1.165) is 19.8 Å². The summed E-state index contributed by atoms with van der Waals surface area (Å²) in [5, 5.41) is 52.2. The Kier molecular flexibility index (Phi) is 25.3. The van der Waals surface area contributed by atoms with Gasteiger partial charge in [-0.05, 0) is 70.4 Å². The van der Waals surface area contributed by atoms with Gasteiger partial charge < -0.3 is 52.3 Å².